The molecule has 0 radical (unpaired) electrons. The van der Waals surface area contributed by atoms with Gasteiger partial charge in [-0.25, -0.2) is 0 Å². The van der Waals surface area contributed by atoms with Gasteiger partial charge < -0.3 is 19.9 Å². The van der Waals surface area contributed by atoms with Crippen LogP contribution in [-0.2, 0) is 6.61 Å². The Kier molecular flexibility index (Phi) is 3.68. The fourth-order valence-corrected chi connectivity index (χ4v) is 3.75. The summed E-state index contributed by atoms with van der Waals surface area (Å²) in [4.78, 5) is 6.36. The highest BCUT2D eigenvalue weighted by Crippen LogP contribution is 2.43. The van der Waals surface area contributed by atoms with Crippen LogP contribution in [0.2, 0.25) is 0 Å². The van der Waals surface area contributed by atoms with E-state index >= 15 is 0 Å². The van der Waals surface area contributed by atoms with Crippen LogP contribution in [0.15, 0.2) is 0 Å². The second kappa shape index (κ2) is 5.72. The Morgan fingerprint density at radius 2 is 2.09 bits per heavy atom. The van der Waals surface area contributed by atoms with Crippen LogP contribution in [0.3, 0.4) is 0 Å². The Labute approximate surface area is 138 Å². The summed E-state index contributed by atoms with van der Waals surface area (Å²) in [6.07, 6.45) is 4.38. The average Bonchev–Trinajstić information content (AvgIpc) is 3.07. The first-order chi connectivity index (χ1) is 11.2. The zero-order valence-corrected chi connectivity index (χ0v) is 14.1. The van der Waals surface area contributed by atoms with Crippen molar-refractivity contribution in [2.75, 3.05) is 24.3 Å². The molecule has 0 aromatic carbocycles. The normalized spacial score (nSPS) is 23.6. The highest BCUT2D eigenvalue weighted by atomic mass is 32.1. The molecule has 0 saturated heterocycles. The quantitative estimate of drug-likeness (QED) is 0.824. The van der Waals surface area contributed by atoms with Crippen LogP contribution in [-0.4, -0.2) is 49.4 Å². The van der Waals surface area contributed by atoms with Crippen molar-refractivity contribution in [1.82, 2.24) is 24.1 Å². The molecule has 2 fully saturated rings. The standard InChI is InChI=1S/C14H21N7OS/c1-20(2)13-16-14(23-19-13)15-9-5-8(6-9)12-18-17-11(7-22)21(12)10-3-4-10/h8-10,22H,3-7H2,1-2H3,(H,15,16,19). The number of aliphatic hydroxyl groups excluding tert-OH is 1. The average molecular weight is 335 g/mol. The van der Waals surface area contributed by atoms with E-state index in [0.29, 0.717) is 23.8 Å². The Hall–Kier alpha value is -1.74. The van der Waals surface area contributed by atoms with Crippen LogP contribution in [0, 0.1) is 0 Å². The number of nitrogens with zero attached hydrogens (tertiary/aromatic N) is 6. The van der Waals surface area contributed by atoms with Gasteiger partial charge in [-0.2, -0.15) is 9.36 Å². The highest BCUT2D eigenvalue weighted by Gasteiger charge is 2.38. The molecule has 8 nitrogen and oxygen atoms in total. The molecule has 0 atom stereocenters. The number of anilines is 2. The number of rotatable bonds is 6. The van der Waals surface area contributed by atoms with Crippen molar-refractivity contribution >= 4 is 22.6 Å². The first-order valence-electron chi connectivity index (χ1n) is 7.97. The summed E-state index contributed by atoms with van der Waals surface area (Å²) in [6.45, 7) is -0.0318. The molecule has 9 heteroatoms. The van der Waals surface area contributed by atoms with Crippen molar-refractivity contribution in [2.45, 2.75) is 50.3 Å². The van der Waals surface area contributed by atoms with Crippen molar-refractivity contribution in [3.63, 3.8) is 0 Å². The van der Waals surface area contributed by atoms with Crippen LogP contribution in [0.5, 0.6) is 0 Å². The Bertz CT molecular complexity index is 687. The van der Waals surface area contributed by atoms with Crippen LogP contribution < -0.4 is 10.2 Å². The number of nitrogens with one attached hydrogen (secondary N) is 1. The number of aromatic nitrogens is 5. The lowest BCUT2D eigenvalue weighted by Crippen LogP contribution is -2.35. The minimum Gasteiger partial charge on any atom is -0.388 e. The molecule has 23 heavy (non-hydrogen) atoms. The summed E-state index contributed by atoms with van der Waals surface area (Å²) in [7, 11) is 3.88. The van der Waals surface area contributed by atoms with Gasteiger partial charge in [-0.1, -0.05) is 0 Å². The van der Waals surface area contributed by atoms with Gasteiger partial charge in [0.25, 0.3) is 0 Å². The summed E-state index contributed by atoms with van der Waals surface area (Å²) in [5.74, 6) is 2.91. The van der Waals surface area contributed by atoms with Gasteiger partial charge in [-0.05, 0) is 25.7 Å². The van der Waals surface area contributed by atoms with E-state index in [9.17, 15) is 5.11 Å². The van der Waals surface area contributed by atoms with E-state index in [4.69, 9.17) is 0 Å². The predicted molar refractivity (Wildman–Crippen MR) is 87.8 cm³/mol. The monoisotopic (exact) mass is 335 g/mol. The molecule has 2 aromatic heterocycles. The molecular weight excluding hydrogens is 314 g/mol. The molecule has 2 N–H and O–H groups in total. The van der Waals surface area contributed by atoms with Gasteiger partial charge in [0.1, 0.15) is 12.4 Å². The zero-order valence-electron chi connectivity index (χ0n) is 13.3. The molecule has 2 aliphatic carbocycles. The van der Waals surface area contributed by atoms with E-state index < -0.39 is 0 Å². The molecule has 0 bridgehead atoms. The van der Waals surface area contributed by atoms with Gasteiger partial charge in [-0.3, -0.25) is 0 Å². The van der Waals surface area contributed by atoms with E-state index in [1.165, 1.54) is 24.4 Å². The van der Waals surface area contributed by atoms with E-state index in [1.54, 1.807) is 0 Å². The molecular formula is C14H21N7OS. The third-order valence-electron chi connectivity index (χ3n) is 4.49. The third-order valence-corrected chi connectivity index (χ3v) is 5.13. The maximum atomic E-state index is 9.42. The second-order valence-corrected chi connectivity index (χ2v) is 7.29. The van der Waals surface area contributed by atoms with Crippen molar-refractivity contribution in [3.8, 4) is 0 Å². The maximum absolute atomic E-state index is 9.42. The maximum Gasteiger partial charge on any atom is 0.238 e. The third kappa shape index (κ3) is 2.78. The van der Waals surface area contributed by atoms with E-state index in [2.05, 4.69) is 29.4 Å². The lowest BCUT2D eigenvalue weighted by molar-refractivity contribution is 0.262. The second-order valence-electron chi connectivity index (χ2n) is 6.54. The summed E-state index contributed by atoms with van der Waals surface area (Å²) < 4.78 is 6.47. The topological polar surface area (TPSA) is 92.0 Å². The Morgan fingerprint density at radius 1 is 1.30 bits per heavy atom. The van der Waals surface area contributed by atoms with E-state index in [-0.39, 0.29) is 6.61 Å². The molecule has 2 heterocycles. The fraction of sp³-hybridized carbons (Fsp3) is 0.714. The van der Waals surface area contributed by atoms with Gasteiger partial charge in [0.2, 0.25) is 11.1 Å². The van der Waals surface area contributed by atoms with Gasteiger partial charge in [0.05, 0.1) is 0 Å². The van der Waals surface area contributed by atoms with E-state index in [0.717, 1.165) is 29.7 Å². The first kappa shape index (κ1) is 14.8. The fourth-order valence-electron chi connectivity index (χ4n) is 3.03. The lowest BCUT2D eigenvalue weighted by Gasteiger charge is -2.35. The highest BCUT2D eigenvalue weighted by molar-refractivity contribution is 7.09. The van der Waals surface area contributed by atoms with Crippen molar-refractivity contribution in [2.24, 2.45) is 0 Å². The number of hydrogen-bond donors (Lipinski definition) is 2. The smallest absolute Gasteiger partial charge is 0.238 e. The summed E-state index contributed by atoms with van der Waals surface area (Å²) in [5.41, 5.74) is 0. The van der Waals surface area contributed by atoms with Gasteiger partial charge in [0.15, 0.2) is 5.82 Å². The van der Waals surface area contributed by atoms with Gasteiger partial charge in [0, 0.05) is 43.6 Å². The molecule has 4 rings (SSSR count). The molecule has 0 spiro atoms. The minimum atomic E-state index is -0.0318. The Morgan fingerprint density at radius 3 is 2.70 bits per heavy atom. The lowest BCUT2D eigenvalue weighted by atomic mass is 9.79. The molecule has 0 aliphatic heterocycles. The van der Waals surface area contributed by atoms with Crippen LogP contribution >= 0.6 is 11.5 Å². The minimum absolute atomic E-state index is 0.0318. The molecule has 0 amide bonds. The largest absolute Gasteiger partial charge is 0.388 e. The number of aliphatic hydroxyl groups is 1. The molecule has 2 aliphatic rings. The van der Waals surface area contributed by atoms with Crippen LogP contribution in [0.25, 0.3) is 0 Å². The Balaban J connectivity index is 1.39. The summed E-state index contributed by atoms with van der Waals surface area (Å²) >= 11 is 1.40. The number of hydrogen-bond acceptors (Lipinski definition) is 8. The molecule has 2 saturated carbocycles. The van der Waals surface area contributed by atoms with Crippen LogP contribution in [0.1, 0.15) is 49.3 Å². The van der Waals surface area contributed by atoms with Crippen LogP contribution in [0.4, 0.5) is 11.1 Å². The van der Waals surface area contributed by atoms with Gasteiger partial charge in [-0.15, -0.1) is 10.2 Å². The van der Waals surface area contributed by atoms with Gasteiger partial charge >= 0.3 is 0 Å². The van der Waals surface area contributed by atoms with Crippen molar-refractivity contribution in [3.05, 3.63) is 11.6 Å². The molecule has 2 aromatic rings. The summed E-state index contributed by atoms with van der Waals surface area (Å²) in [5, 5.41) is 22.2. The molecule has 124 valence electrons. The first-order valence-corrected chi connectivity index (χ1v) is 8.75. The van der Waals surface area contributed by atoms with Crippen molar-refractivity contribution < 1.29 is 5.11 Å². The zero-order chi connectivity index (χ0) is 16.0. The predicted octanol–water partition coefficient (Wildman–Crippen LogP) is 1.38. The molecule has 0 unspecified atom stereocenters. The SMILES string of the molecule is CN(C)c1nsc(NC2CC(c3nnc(CO)n3C3CC3)C2)n1. The van der Waals surface area contributed by atoms with Crippen molar-refractivity contribution in [1.29, 1.82) is 0 Å². The summed E-state index contributed by atoms with van der Waals surface area (Å²) in [6, 6.07) is 0.907. The van der Waals surface area contributed by atoms with E-state index in [1.807, 2.05) is 19.0 Å².